The van der Waals surface area contributed by atoms with Crippen LogP contribution >= 0.6 is 0 Å². The van der Waals surface area contributed by atoms with E-state index in [-0.39, 0.29) is 17.9 Å². The Bertz CT molecular complexity index is 776. The fourth-order valence-corrected chi connectivity index (χ4v) is 1.81. The van der Waals surface area contributed by atoms with E-state index in [9.17, 15) is 19.2 Å². The molecule has 0 aliphatic rings. The van der Waals surface area contributed by atoms with Gasteiger partial charge in [0, 0.05) is 23.0 Å². The number of aromatic nitrogens is 2. The van der Waals surface area contributed by atoms with Gasteiger partial charge in [-0.2, -0.15) is 0 Å². The van der Waals surface area contributed by atoms with Crippen molar-refractivity contribution in [2.45, 2.75) is 13.3 Å². The van der Waals surface area contributed by atoms with E-state index in [4.69, 9.17) is 0 Å². The summed E-state index contributed by atoms with van der Waals surface area (Å²) < 4.78 is 0. The SMILES string of the molecule is CC(=O)c1cccc(NC(=O)Cc2cc(=O)[nH]c(=O)[nH]2)c1. The summed E-state index contributed by atoms with van der Waals surface area (Å²) in [6.45, 7) is 1.43. The molecule has 21 heavy (non-hydrogen) atoms. The molecule has 0 spiro atoms. The average molecular weight is 287 g/mol. The third-order valence-electron chi connectivity index (χ3n) is 2.72. The van der Waals surface area contributed by atoms with Crippen molar-refractivity contribution in [1.29, 1.82) is 0 Å². The van der Waals surface area contributed by atoms with Crippen LogP contribution in [0.15, 0.2) is 39.9 Å². The van der Waals surface area contributed by atoms with Crippen LogP contribution in [0.2, 0.25) is 0 Å². The summed E-state index contributed by atoms with van der Waals surface area (Å²) in [6.07, 6.45) is -0.149. The van der Waals surface area contributed by atoms with Gasteiger partial charge in [0.25, 0.3) is 5.56 Å². The number of ketones is 1. The summed E-state index contributed by atoms with van der Waals surface area (Å²) >= 11 is 0. The van der Waals surface area contributed by atoms with Crippen LogP contribution in [0.5, 0.6) is 0 Å². The Morgan fingerprint density at radius 1 is 1.14 bits per heavy atom. The Morgan fingerprint density at radius 2 is 1.90 bits per heavy atom. The lowest BCUT2D eigenvalue weighted by Crippen LogP contribution is -2.25. The van der Waals surface area contributed by atoms with Gasteiger partial charge in [-0.15, -0.1) is 0 Å². The fourth-order valence-electron chi connectivity index (χ4n) is 1.81. The fraction of sp³-hybridized carbons (Fsp3) is 0.143. The number of hydrogen-bond acceptors (Lipinski definition) is 4. The van der Waals surface area contributed by atoms with E-state index < -0.39 is 17.2 Å². The number of carbonyl (C=O) groups is 2. The predicted octanol–water partition coefficient (Wildman–Crippen LogP) is 0.447. The van der Waals surface area contributed by atoms with Gasteiger partial charge in [-0.25, -0.2) is 4.79 Å². The van der Waals surface area contributed by atoms with Crippen molar-refractivity contribution in [2.75, 3.05) is 5.32 Å². The van der Waals surface area contributed by atoms with E-state index in [0.29, 0.717) is 11.3 Å². The lowest BCUT2D eigenvalue weighted by Gasteiger charge is -2.06. The quantitative estimate of drug-likeness (QED) is 0.708. The molecule has 1 heterocycles. The van der Waals surface area contributed by atoms with Gasteiger partial charge in [-0.1, -0.05) is 12.1 Å². The van der Waals surface area contributed by atoms with Gasteiger partial charge in [0.1, 0.15) is 0 Å². The second kappa shape index (κ2) is 6.00. The number of anilines is 1. The molecule has 0 unspecified atom stereocenters. The topological polar surface area (TPSA) is 112 Å². The summed E-state index contributed by atoms with van der Waals surface area (Å²) in [6, 6.07) is 7.65. The second-order valence-corrected chi connectivity index (χ2v) is 4.47. The van der Waals surface area contributed by atoms with E-state index in [1.807, 2.05) is 4.98 Å². The second-order valence-electron chi connectivity index (χ2n) is 4.47. The maximum Gasteiger partial charge on any atom is 0.325 e. The molecule has 1 aromatic heterocycles. The number of hydrogen-bond donors (Lipinski definition) is 3. The number of rotatable bonds is 4. The van der Waals surface area contributed by atoms with Crippen molar-refractivity contribution in [3.05, 3.63) is 62.4 Å². The lowest BCUT2D eigenvalue weighted by atomic mass is 10.1. The smallest absolute Gasteiger partial charge is 0.325 e. The minimum Gasteiger partial charge on any atom is -0.326 e. The Kier molecular flexibility index (Phi) is 4.13. The average Bonchev–Trinajstić information content (AvgIpc) is 2.37. The van der Waals surface area contributed by atoms with Crippen LogP contribution in [-0.4, -0.2) is 21.7 Å². The first kappa shape index (κ1) is 14.4. The molecule has 0 bridgehead atoms. The molecule has 0 radical (unpaired) electrons. The van der Waals surface area contributed by atoms with Crippen LogP contribution in [-0.2, 0) is 11.2 Å². The van der Waals surface area contributed by atoms with E-state index in [2.05, 4.69) is 10.3 Å². The molecule has 7 heteroatoms. The molecule has 1 amide bonds. The maximum absolute atomic E-state index is 11.9. The molecule has 1 aromatic carbocycles. The third-order valence-corrected chi connectivity index (χ3v) is 2.72. The molecule has 0 aliphatic carbocycles. The first-order valence-corrected chi connectivity index (χ1v) is 6.17. The molecule has 2 rings (SSSR count). The molecule has 0 fully saturated rings. The standard InChI is InChI=1S/C14H13N3O4/c1-8(18)9-3-2-4-10(5-9)15-12(19)6-11-7-13(20)17-14(21)16-11/h2-5,7H,6H2,1H3,(H,15,19)(H2,16,17,20,21). The molecule has 0 aliphatic heterocycles. The minimum atomic E-state index is -0.663. The van der Waals surface area contributed by atoms with Gasteiger partial charge in [0.2, 0.25) is 5.91 Å². The number of Topliss-reactive ketones (excluding diaryl/α,β-unsaturated/α-hetero) is 1. The van der Waals surface area contributed by atoms with Crippen LogP contribution in [0.3, 0.4) is 0 Å². The summed E-state index contributed by atoms with van der Waals surface area (Å²) in [5, 5.41) is 2.60. The van der Waals surface area contributed by atoms with Crippen molar-refractivity contribution < 1.29 is 9.59 Å². The van der Waals surface area contributed by atoms with Gasteiger partial charge < -0.3 is 10.3 Å². The number of nitrogens with one attached hydrogen (secondary N) is 3. The summed E-state index contributed by atoms with van der Waals surface area (Å²) in [5.41, 5.74) is -0.0646. The number of aromatic amines is 2. The Labute approximate surface area is 119 Å². The van der Waals surface area contributed by atoms with Gasteiger partial charge >= 0.3 is 5.69 Å². The van der Waals surface area contributed by atoms with Crippen LogP contribution in [0.25, 0.3) is 0 Å². The summed E-state index contributed by atoms with van der Waals surface area (Å²) in [4.78, 5) is 49.7. The number of H-pyrrole nitrogens is 2. The molecular formula is C14H13N3O4. The normalized spacial score (nSPS) is 10.1. The molecular weight excluding hydrogens is 274 g/mol. The Hall–Kier alpha value is -2.96. The minimum absolute atomic E-state index is 0.106. The van der Waals surface area contributed by atoms with Gasteiger partial charge in [-0.3, -0.25) is 19.4 Å². The molecule has 3 N–H and O–H groups in total. The predicted molar refractivity (Wildman–Crippen MR) is 76.5 cm³/mol. The monoisotopic (exact) mass is 287 g/mol. The zero-order chi connectivity index (χ0) is 15.4. The van der Waals surface area contributed by atoms with Crippen LogP contribution in [0, 0.1) is 0 Å². The molecule has 108 valence electrons. The highest BCUT2D eigenvalue weighted by molar-refractivity contribution is 5.97. The van der Waals surface area contributed by atoms with Crippen molar-refractivity contribution in [2.24, 2.45) is 0 Å². The van der Waals surface area contributed by atoms with E-state index in [1.165, 1.54) is 6.92 Å². The van der Waals surface area contributed by atoms with E-state index >= 15 is 0 Å². The third kappa shape index (κ3) is 4.00. The number of benzene rings is 1. The summed E-state index contributed by atoms with van der Waals surface area (Å²) in [5.74, 6) is -0.512. The highest BCUT2D eigenvalue weighted by atomic mass is 16.2. The molecule has 0 saturated carbocycles. The zero-order valence-electron chi connectivity index (χ0n) is 11.2. The van der Waals surface area contributed by atoms with E-state index in [1.54, 1.807) is 24.3 Å². The summed E-state index contributed by atoms with van der Waals surface area (Å²) in [7, 11) is 0. The molecule has 0 atom stereocenters. The van der Waals surface area contributed by atoms with E-state index in [0.717, 1.165) is 6.07 Å². The van der Waals surface area contributed by atoms with Gasteiger partial charge in [-0.05, 0) is 19.1 Å². The number of amides is 1. The first-order valence-electron chi connectivity index (χ1n) is 6.17. The van der Waals surface area contributed by atoms with Crippen molar-refractivity contribution in [3.63, 3.8) is 0 Å². The first-order chi connectivity index (χ1) is 9.94. The Morgan fingerprint density at radius 3 is 2.57 bits per heavy atom. The highest BCUT2D eigenvalue weighted by Gasteiger charge is 2.07. The molecule has 0 saturated heterocycles. The van der Waals surface area contributed by atoms with Crippen LogP contribution < -0.4 is 16.6 Å². The highest BCUT2D eigenvalue weighted by Crippen LogP contribution is 2.11. The van der Waals surface area contributed by atoms with Crippen molar-refractivity contribution in [3.8, 4) is 0 Å². The molecule has 2 aromatic rings. The largest absolute Gasteiger partial charge is 0.326 e. The Balaban J connectivity index is 2.11. The number of carbonyl (C=O) groups excluding carboxylic acids is 2. The van der Waals surface area contributed by atoms with Gasteiger partial charge in [0.05, 0.1) is 6.42 Å². The van der Waals surface area contributed by atoms with Crippen LogP contribution in [0.4, 0.5) is 5.69 Å². The van der Waals surface area contributed by atoms with Crippen LogP contribution in [0.1, 0.15) is 23.0 Å². The van der Waals surface area contributed by atoms with Gasteiger partial charge in [0.15, 0.2) is 5.78 Å². The zero-order valence-corrected chi connectivity index (χ0v) is 11.2. The van der Waals surface area contributed by atoms with Crippen molar-refractivity contribution in [1.82, 2.24) is 9.97 Å². The van der Waals surface area contributed by atoms with Crippen molar-refractivity contribution >= 4 is 17.4 Å². The molecule has 7 nitrogen and oxygen atoms in total. The lowest BCUT2D eigenvalue weighted by molar-refractivity contribution is -0.115. The maximum atomic E-state index is 11.9.